The summed E-state index contributed by atoms with van der Waals surface area (Å²) < 4.78 is 11.9. The van der Waals surface area contributed by atoms with E-state index in [1.807, 2.05) is 0 Å². The Balaban J connectivity index is 0.00000181. The number of halogens is 1. The number of hydrogen-bond donors (Lipinski definition) is 3. The van der Waals surface area contributed by atoms with E-state index < -0.39 is 17.6 Å². The smallest absolute Gasteiger partial charge is 0.312 e. The molecule has 12 atom stereocenters. The van der Waals surface area contributed by atoms with E-state index in [4.69, 9.17) is 9.47 Å². The number of esters is 1. The maximum atomic E-state index is 13.1. The Morgan fingerprint density at radius 2 is 2.07 bits per heavy atom. The van der Waals surface area contributed by atoms with Crippen molar-refractivity contribution in [3.63, 3.8) is 0 Å². The standard InChI is InChI=1S/C22H33NO5.ClH/c1-4-23-10-20(2)7-6-13(27-3)22-12-9-11-5-8-21(26,14(12)19(25)28-11)15(18(22)23)16(24)17(20)22;/h11-18,24,26H,4-10H2,1-3H3;1H/t11-,12?,13-,14?,15?,16+,17?,18+,20-,21+,22-;/m0./s1. The minimum absolute atomic E-state index is 0. The van der Waals surface area contributed by atoms with Crippen molar-refractivity contribution in [3.8, 4) is 0 Å². The van der Waals surface area contributed by atoms with Gasteiger partial charge in [-0.25, -0.2) is 0 Å². The number of hydrogen-bond acceptors (Lipinski definition) is 5. The van der Waals surface area contributed by atoms with Gasteiger partial charge in [0.2, 0.25) is 0 Å². The number of aliphatic hydroxyl groups excluding tert-OH is 1. The summed E-state index contributed by atoms with van der Waals surface area (Å²) in [5.41, 5.74) is -1.37. The molecule has 0 radical (unpaired) electrons. The van der Waals surface area contributed by atoms with Crippen LogP contribution in [0.1, 0.15) is 46.0 Å². The summed E-state index contributed by atoms with van der Waals surface area (Å²) in [5, 5.41) is 23.9. The van der Waals surface area contributed by atoms with Gasteiger partial charge in [-0.2, -0.15) is 0 Å². The number of quaternary nitrogens is 1. The molecule has 3 heterocycles. The molecule has 5 unspecified atom stereocenters. The first-order valence-corrected chi connectivity index (χ1v) is 11.3. The molecule has 4 aliphatic carbocycles. The van der Waals surface area contributed by atoms with Crippen molar-refractivity contribution in [2.24, 2.45) is 34.5 Å². The maximum absolute atomic E-state index is 13.1. The fraction of sp³-hybridized carbons (Fsp3) is 0.955. The number of carbonyl (C=O) groups is 1. The predicted octanol–water partition coefficient (Wildman–Crippen LogP) is -3.23. The molecule has 7 aliphatic rings. The zero-order valence-electron chi connectivity index (χ0n) is 17.6. The van der Waals surface area contributed by atoms with Gasteiger partial charge in [0.05, 0.1) is 48.1 Å². The molecular weight excluding hydrogens is 394 g/mol. The van der Waals surface area contributed by atoms with Crippen LogP contribution in [0.3, 0.4) is 0 Å². The van der Waals surface area contributed by atoms with E-state index in [-0.39, 0.29) is 65.2 Å². The molecule has 9 bridgehead atoms. The first-order valence-electron chi connectivity index (χ1n) is 11.3. The lowest BCUT2D eigenvalue weighted by Crippen LogP contribution is -3.21. The lowest BCUT2D eigenvalue weighted by Gasteiger charge is -2.67. The molecule has 0 amide bonds. The minimum atomic E-state index is -1.15. The Morgan fingerprint density at radius 3 is 2.76 bits per heavy atom. The Kier molecular flexibility index (Phi) is 4.31. The van der Waals surface area contributed by atoms with Gasteiger partial charge < -0.3 is 37.0 Å². The van der Waals surface area contributed by atoms with E-state index in [0.717, 1.165) is 32.4 Å². The fourth-order valence-electron chi connectivity index (χ4n) is 9.89. The van der Waals surface area contributed by atoms with Gasteiger partial charge in [-0.1, -0.05) is 6.92 Å². The maximum Gasteiger partial charge on any atom is 0.312 e. The van der Waals surface area contributed by atoms with Crippen molar-refractivity contribution in [2.75, 3.05) is 20.2 Å². The topological polar surface area (TPSA) is 80.4 Å². The Bertz CT molecular complexity index is 736. The molecule has 1 spiro atoms. The highest BCUT2D eigenvalue weighted by Gasteiger charge is 2.86. The SMILES string of the molecule is CC[NH+]1C[C@]2(C)CC[C@H](OC)[C@@]34C5C[C@@H]6CC[C@@](O)(C5C(=O)O6)C([C@@H](O)C23)[C@@H]14.[Cl-]. The number of ether oxygens (including phenoxy) is 2. The molecule has 3 N–H and O–H groups in total. The third-order valence-corrected chi connectivity index (χ3v) is 10.3. The summed E-state index contributed by atoms with van der Waals surface area (Å²) in [6.45, 7) is 6.60. The number of likely N-dealkylation sites (tertiary alicyclic amines) is 1. The Morgan fingerprint density at radius 1 is 1.31 bits per heavy atom. The zero-order chi connectivity index (χ0) is 19.6. The van der Waals surface area contributed by atoms with Crippen molar-refractivity contribution < 1.29 is 41.8 Å². The predicted molar refractivity (Wildman–Crippen MR) is 99.4 cm³/mol. The van der Waals surface area contributed by atoms with Gasteiger partial charge in [0, 0.05) is 18.4 Å². The second-order valence-corrected chi connectivity index (χ2v) is 11.0. The third-order valence-electron chi connectivity index (χ3n) is 10.3. The highest BCUT2D eigenvalue weighted by molar-refractivity contribution is 5.77. The molecule has 6 nitrogen and oxygen atoms in total. The van der Waals surface area contributed by atoms with Crippen molar-refractivity contribution >= 4 is 5.97 Å². The number of fused-ring (bicyclic) bond motifs is 2. The molecule has 3 aliphatic heterocycles. The van der Waals surface area contributed by atoms with Crippen LogP contribution >= 0.6 is 0 Å². The van der Waals surface area contributed by atoms with Crippen LogP contribution < -0.4 is 17.3 Å². The minimum Gasteiger partial charge on any atom is -1.00 e. The highest BCUT2D eigenvalue weighted by Crippen LogP contribution is 2.74. The van der Waals surface area contributed by atoms with E-state index in [1.54, 1.807) is 7.11 Å². The second kappa shape index (κ2) is 6.10. The highest BCUT2D eigenvalue weighted by atomic mass is 35.5. The Hall–Kier alpha value is -0.400. The molecule has 4 saturated carbocycles. The van der Waals surface area contributed by atoms with Crippen LogP contribution in [0, 0.1) is 34.5 Å². The first-order chi connectivity index (χ1) is 13.3. The molecule has 0 aromatic heterocycles. The molecule has 164 valence electrons. The summed E-state index contributed by atoms with van der Waals surface area (Å²) in [6, 6.07) is 0.159. The number of nitrogens with one attached hydrogen (secondary N) is 1. The van der Waals surface area contributed by atoms with Crippen LogP contribution in [0.2, 0.25) is 0 Å². The van der Waals surface area contributed by atoms with Crippen LogP contribution in [0.25, 0.3) is 0 Å². The third kappa shape index (κ3) is 2.02. The molecule has 0 aromatic rings. The van der Waals surface area contributed by atoms with Crippen molar-refractivity contribution in [3.05, 3.63) is 0 Å². The average Bonchev–Trinajstić information content (AvgIpc) is 2.73. The monoisotopic (exact) mass is 427 g/mol. The summed E-state index contributed by atoms with van der Waals surface area (Å²) in [4.78, 5) is 14.6. The van der Waals surface area contributed by atoms with Crippen molar-refractivity contribution in [1.82, 2.24) is 0 Å². The molecule has 7 fully saturated rings. The molecule has 3 saturated heterocycles. The number of rotatable bonds is 2. The fourth-order valence-corrected chi connectivity index (χ4v) is 9.89. The number of piperidine rings is 1. The second-order valence-electron chi connectivity index (χ2n) is 11.0. The summed E-state index contributed by atoms with van der Waals surface area (Å²) in [6.07, 6.45) is 3.50. The molecule has 29 heavy (non-hydrogen) atoms. The van der Waals surface area contributed by atoms with E-state index in [1.165, 1.54) is 4.90 Å². The van der Waals surface area contributed by atoms with Crippen LogP contribution in [0.4, 0.5) is 0 Å². The van der Waals surface area contributed by atoms with Crippen molar-refractivity contribution in [2.45, 2.75) is 75.9 Å². The van der Waals surface area contributed by atoms with Gasteiger partial charge in [-0.15, -0.1) is 0 Å². The van der Waals surface area contributed by atoms with E-state index in [2.05, 4.69) is 13.8 Å². The van der Waals surface area contributed by atoms with Gasteiger partial charge in [-0.3, -0.25) is 4.79 Å². The molecule has 7 rings (SSSR count). The quantitative estimate of drug-likeness (QED) is 0.404. The van der Waals surface area contributed by atoms with Crippen LogP contribution in [0.5, 0.6) is 0 Å². The van der Waals surface area contributed by atoms with E-state index in [9.17, 15) is 15.0 Å². The van der Waals surface area contributed by atoms with E-state index in [0.29, 0.717) is 12.8 Å². The van der Waals surface area contributed by atoms with Gasteiger partial charge in [0.25, 0.3) is 0 Å². The first kappa shape index (κ1) is 20.5. The molecule has 0 aromatic carbocycles. The van der Waals surface area contributed by atoms with Crippen molar-refractivity contribution in [1.29, 1.82) is 0 Å². The molecular formula is C22H34ClNO5. The van der Waals surface area contributed by atoms with Crippen LogP contribution in [-0.2, 0) is 14.3 Å². The van der Waals surface area contributed by atoms with Crippen LogP contribution in [-0.4, -0.2) is 66.3 Å². The van der Waals surface area contributed by atoms with Gasteiger partial charge in [0.1, 0.15) is 12.1 Å². The summed E-state index contributed by atoms with van der Waals surface area (Å²) in [7, 11) is 1.80. The number of aliphatic hydroxyl groups is 2. The largest absolute Gasteiger partial charge is 1.00 e. The summed E-state index contributed by atoms with van der Waals surface area (Å²) in [5.74, 6) is -0.868. The normalized spacial score (nSPS) is 61.6. The van der Waals surface area contributed by atoms with Crippen LogP contribution in [0.15, 0.2) is 0 Å². The summed E-state index contributed by atoms with van der Waals surface area (Å²) >= 11 is 0. The Labute approximate surface area is 178 Å². The lowest BCUT2D eigenvalue weighted by atomic mass is 9.42. The number of carbonyl (C=O) groups excluding carboxylic acids is 1. The van der Waals surface area contributed by atoms with E-state index >= 15 is 0 Å². The van der Waals surface area contributed by atoms with Gasteiger partial charge in [-0.05, 0) is 44.9 Å². The lowest BCUT2D eigenvalue weighted by molar-refractivity contribution is -0.952. The zero-order valence-corrected chi connectivity index (χ0v) is 18.3. The number of methoxy groups -OCH3 is 1. The van der Waals surface area contributed by atoms with Gasteiger partial charge >= 0.3 is 5.97 Å². The van der Waals surface area contributed by atoms with Gasteiger partial charge in [0.15, 0.2) is 0 Å². The molecule has 7 heteroatoms. The average molecular weight is 428 g/mol.